The fraction of sp³-hybridized carbons (Fsp3) is 0.250. The quantitative estimate of drug-likeness (QED) is 0.922. The highest BCUT2D eigenvalue weighted by atomic mass is 79.9. The van der Waals surface area contributed by atoms with Gasteiger partial charge in [0.05, 0.1) is 12.8 Å². The predicted octanol–water partition coefficient (Wildman–Crippen LogP) is 2.42. The van der Waals surface area contributed by atoms with E-state index in [0.717, 1.165) is 0 Å². The van der Waals surface area contributed by atoms with Crippen LogP contribution in [0.4, 0.5) is 9.93 Å². The van der Waals surface area contributed by atoms with E-state index >= 15 is 0 Å². The Morgan fingerprint density at radius 1 is 1.62 bits per heavy atom. The van der Waals surface area contributed by atoms with Gasteiger partial charge in [-0.2, -0.15) is 4.98 Å². The molecule has 6 nitrogen and oxygen atoms in total. The van der Waals surface area contributed by atoms with Crippen LogP contribution in [0.15, 0.2) is 10.8 Å². The van der Waals surface area contributed by atoms with Crippen molar-refractivity contribution in [1.29, 1.82) is 0 Å². The second kappa shape index (κ2) is 4.71. The Hall–Kier alpha value is -1.28. The molecule has 0 unspecified atom stereocenters. The summed E-state index contributed by atoms with van der Waals surface area (Å²) in [6.07, 6.45) is 1.02. The van der Waals surface area contributed by atoms with Gasteiger partial charge in [-0.3, -0.25) is 5.32 Å². The lowest BCUT2D eigenvalue weighted by atomic mass is 10.7. The van der Waals surface area contributed by atoms with Gasteiger partial charge in [0.25, 0.3) is 0 Å². The summed E-state index contributed by atoms with van der Waals surface area (Å²) in [5.74, 6) is 0. The monoisotopic (exact) mass is 302 g/mol. The van der Waals surface area contributed by atoms with E-state index in [1.165, 1.54) is 11.3 Å². The second-order valence-corrected chi connectivity index (χ2v) is 4.48. The molecule has 16 heavy (non-hydrogen) atoms. The predicted molar refractivity (Wildman–Crippen MR) is 63.6 cm³/mol. The van der Waals surface area contributed by atoms with Crippen LogP contribution in [0.3, 0.4) is 0 Å². The van der Waals surface area contributed by atoms with Crippen molar-refractivity contribution in [1.82, 2.24) is 15.0 Å². The van der Waals surface area contributed by atoms with Crippen LogP contribution in [-0.2, 0) is 4.74 Å². The van der Waals surface area contributed by atoms with E-state index in [-0.39, 0.29) is 0 Å². The van der Waals surface area contributed by atoms with Gasteiger partial charge in [0.2, 0.25) is 0 Å². The number of hydrogen-bond acceptors (Lipinski definition) is 6. The van der Waals surface area contributed by atoms with E-state index in [1.54, 1.807) is 13.1 Å². The lowest BCUT2D eigenvalue weighted by Crippen LogP contribution is -2.12. The molecule has 1 N–H and O–H groups in total. The number of nitrogens with one attached hydrogen (secondary N) is 1. The summed E-state index contributed by atoms with van der Waals surface area (Å²) in [5.41, 5.74) is 0.500. The smallest absolute Gasteiger partial charge is 0.413 e. The van der Waals surface area contributed by atoms with Crippen LogP contribution in [0.25, 0.3) is 10.5 Å². The molecule has 0 aromatic carbocycles. The highest BCUT2D eigenvalue weighted by molar-refractivity contribution is 9.10. The standard InChI is InChI=1S/C8H7BrN4O2S/c1-2-15-8(14)13-7-12-5-6(16-7)11-4(9)3-10-5/h3H,2H2,1H3,(H,10,12,13,14). The topological polar surface area (TPSA) is 77.0 Å². The van der Waals surface area contributed by atoms with E-state index in [1.807, 2.05) is 0 Å². The van der Waals surface area contributed by atoms with Crippen molar-refractivity contribution >= 4 is 49.0 Å². The molecule has 0 spiro atoms. The lowest BCUT2D eigenvalue weighted by molar-refractivity contribution is 0.168. The van der Waals surface area contributed by atoms with Crippen molar-refractivity contribution in [2.24, 2.45) is 0 Å². The zero-order valence-electron chi connectivity index (χ0n) is 8.23. The molecule has 0 aliphatic carbocycles. The minimum atomic E-state index is -0.527. The Bertz CT molecular complexity index is 530. The summed E-state index contributed by atoms with van der Waals surface area (Å²) in [4.78, 5) is 24.1. The van der Waals surface area contributed by atoms with Crippen LogP contribution < -0.4 is 5.32 Å². The normalized spacial score (nSPS) is 10.4. The second-order valence-electron chi connectivity index (χ2n) is 2.69. The average Bonchev–Trinajstić information content (AvgIpc) is 2.59. The van der Waals surface area contributed by atoms with E-state index in [9.17, 15) is 4.79 Å². The first-order valence-corrected chi connectivity index (χ1v) is 6.03. The maximum absolute atomic E-state index is 11.1. The number of anilines is 1. The average molecular weight is 303 g/mol. The molecule has 0 aliphatic heterocycles. The molecular weight excluding hydrogens is 296 g/mol. The SMILES string of the molecule is CCOC(=O)Nc1nc2ncc(Br)nc2s1. The molecule has 2 heterocycles. The Morgan fingerprint density at radius 2 is 2.44 bits per heavy atom. The minimum Gasteiger partial charge on any atom is -0.450 e. The number of halogens is 1. The zero-order chi connectivity index (χ0) is 11.5. The van der Waals surface area contributed by atoms with Gasteiger partial charge in [-0.1, -0.05) is 11.3 Å². The van der Waals surface area contributed by atoms with Crippen molar-refractivity contribution in [2.45, 2.75) is 6.92 Å². The molecular formula is C8H7BrN4O2S. The van der Waals surface area contributed by atoms with Crippen molar-refractivity contribution in [3.63, 3.8) is 0 Å². The molecule has 0 saturated heterocycles. The summed E-state index contributed by atoms with van der Waals surface area (Å²) in [6, 6.07) is 0. The number of carbonyl (C=O) groups excluding carboxylic acids is 1. The molecule has 0 aliphatic rings. The minimum absolute atomic E-state index is 0.318. The first kappa shape index (κ1) is 11.2. The molecule has 0 saturated carbocycles. The molecule has 0 radical (unpaired) electrons. The van der Waals surface area contributed by atoms with Crippen molar-refractivity contribution in [3.8, 4) is 0 Å². The van der Waals surface area contributed by atoms with Crippen LogP contribution in [0.1, 0.15) is 6.92 Å². The number of amides is 1. The zero-order valence-corrected chi connectivity index (χ0v) is 10.6. The summed E-state index contributed by atoms with van der Waals surface area (Å²) in [7, 11) is 0. The number of nitrogens with zero attached hydrogens (tertiary/aromatic N) is 3. The molecule has 2 aromatic heterocycles. The van der Waals surface area contributed by atoms with Gasteiger partial charge in [-0.25, -0.2) is 14.8 Å². The van der Waals surface area contributed by atoms with Crippen LogP contribution in [0.5, 0.6) is 0 Å². The number of fused-ring (bicyclic) bond motifs is 1. The molecule has 84 valence electrons. The van der Waals surface area contributed by atoms with Crippen molar-refractivity contribution in [3.05, 3.63) is 10.8 Å². The van der Waals surface area contributed by atoms with Gasteiger partial charge < -0.3 is 4.74 Å². The third-order valence-electron chi connectivity index (χ3n) is 1.58. The van der Waals surface area contributed by atoms with Gasteiger partial charge in [0, 0.05) is 0 Å². The number of aromatic nitrogens is 3. The highest BCUT2D eigenvalue weighted by Gasteiger charge is 2.09. The summed E-state index contributed by atoms with van der Waals surface area (Å²) < 4.78 is 5.36. The maximum atomic E-state index is 11.1. The Balaban J connectivity index is 2.23. The molecule has 0 fully saturated rings. The molecule has 8 heteroatoms. The molecule has 1 amide bonds. The van der Waals surface area contributed by atoms with Crippen LogP contribution >= 0.6 is 27.3 Å². The maximum Gasteiger partial charge on any atom is 0.413 e. The molecule has 0 atom stereocenters. The Labute approximate surface area is 103 Å². The third kappa shape index (κ3) is 2.45. The summed E-state index contributed by atoms with van der Waals surface area (Å²) in [5, 5.41) is 2.93. The van der Waals surface area contributed by atoms with Gasteiger partial charge in [-0.15, -0.1) is 0 Å². The Morgan fingerprint density at radius 3 is 3.19 bits per heavy atom. The van der Waals surface area contributed by atoms with E-state index in [2.05, 4.69) is 36.2 Å². The molecule has 2 rings (SSSR count). The van der Waals surface area contributed by atoms with Crippen LogP contribution in [-0.4, -0.2) is 27.7 Å². The fourth-order valence-electron chi connectivity index (χ4n) is 1.01. The van der Waals surface area contributed by atoms with Gasteiger partial charge in [0.15, 0.2) is 15.6 Å². The van der Waals surface area contributed by atoms with Crippen molar-refractivity contribution in [2.75, 3.05) is 11.9 Å². The van der Waals surface area contributed by atoms with E-state index in [0.29, 0.717) is 26.8 Å². The summed E-state index contributed by atoms with van der Waals surface area (Å²) >= 11 is 4.45. The van der Waals surface area contributed by atoms with Crippen molar-refractivity contribution < 1.29 is 9.53 Å². The number of rotatable bonds is 2. The number of thiazole rings is 1. The molecule has 0 bridgehead atoms. The first-order chi connectivity index (χ1) is 7.69. The van der Waals surface area contributed by atoms with Crippen LogP contribution in [0, 0.1) is 0 Å². The highest BCUT2D eigenvalue weighted by Crippen LogP contribution is 2.23. The third-order valence-corrected chi connectivity index (χ3v) is 2.81. The number of hydrogen-bond donors (Lipinski definition) is 1. The lowest BCUT2D eigenvalue weighted by Gasteiger charge is -1.99. The van der Waals surface area contributed by atoms with Gasteiger partial charge in [-0.05, 0) is 22.9 Å². The van der Waals surface area contributed by atoms with E-state index < -0.39 is 6.09 Å². The molecule has 2 aromatic rings. The van der Waals surface area contributed by atoms with Gasteiger partial charge in [0.1, 0.15) is 4.60 Å². The van der Waals surface area contributed by atoms with Crippen LogP contribution in [0.2, 0.25) is 0 Å². The first-order valence-electron chi connectivity index (χ1n) is 4.42. The largest absolute Gasteiger partial charge is 0.450 e. The summed E-state index contributed by atoms with van der Waals surface area (Å²) in [6.45, 7) is 2.05. The number of ether oxygens (including phenoxy) is 1. The van der Waals surface area contributed by atoms with E-state index in [4.69, 9.17) is 4.74 Å². The van der Waals surface area contributed by atoms with Gasteiger partial charge >= 0.3 is 6.09 Å². The number of carbonyl (C=O) groups is 1. The fourth-order valence-corrected chi connectivity index (χ4v) is 2.19. The Kier molecular flexibility index (Phi) is 3.30.